The van der Waals surface area contributed by atoms with Gasteiger partial charge >= 0.3 is 0 Å². The van der Waals surface area contributed by atoms with Crippen LogP contribution in [-0.2, 0) is 4.79 Å². The molecule has 1 aromatic rings. The maximum Gasteiger partial charge on any atom is 0.251 e. The predicted molar refractivity (Wildman–Crippen MR) is 112 cm³/mol. The Bertz CT molecular complexity index is 740. The van der Waals surface area contributed by atoms with Gasteiger partial charge in [-0.25, -0.2) is 0 Å². The summed E-state index contributed by atoms with van der Waals surface area (Å²) in [6.45, 7) is 8.74. The molecule has 0 spiro atoms. The van der Waals surface area contributed by atoms with E-state index >= 15 is 0 Å². The lowest BCUT2D eigenvalue weighted by molar-refractivity contribution is -0.131. The van der Waals surface area contributed by atoms with Crippen molar-refractivity contribution < 1.29 is 23.8 Å². The van der Waals surface area contributed by atoms with Gasteiger partial charge in [-0.3, -0.25) is 9.59 Å². The molecule has 1 saturated heterocycles. The zero-order valence-electron chi connectivity index (χ0n) is 18.0. The first-order chi connectivity index (χ1) is 14.5. The van der Waals surface area contributed by atoms with Gasteiger partial charge in [0.1, 0.15) is 6.42 Å². The fraction of sp³-hybridized carbons (Fsp3) is 0.591. The van der Waals surface area contributed by atoms with Gasteiger partial charge in [0.2, 0.25) is 11.7 Å². The van der Waals surface area contributed by atoms with E-state index in [1.807, 2.05) is 26.8 Å². The summed E-state index contributed by atoms with van der Waals surface area (Å²) in [5, 5.41) is 11.6. The maximum absolute atomic E-state index is 12.8. The van der Waals surface area contributed by atoms with Crippen LogP contribution >= 0.6 is 0 Å². The van der Waals surface area contributed by atoms with Crippen LogP contribution in [0.25, 0.3) is 0 Å². The second-order valence-corrected chi connectivity index (χ2v) is 6.97. The van der Waals surface area contributed by atoms with E-state index in [-0.39, 0.29) is 18.2 Å². The van der Waals surface area contributed by atoms with Crippen LogP contribution in [0.2, 0.25) is 0 Å². The Morgan fingerprint density at radius 3 is 2.13 bits per heavy atom. The van der Waals surface area contributed by atoms with Crippen LogP contribution in [-0.4, -0.2) is 56.2 Å². The maximum atomic E-state index is 12.8. The highest BCUT2D eigenvalue weighted by Gasteiger charge is 2.24. The van der Waals surface area contributed by atoms with Crippen molar-refractivity contribution in [2.45, 2.75) is 40.0 Å². The molecule has 1 fully saturated rings. The second-order valence-electron chi connectivity index (χ2n) is 6.97. The van der Waals surface area contributed by atoms with Gasteiger partial charge in [-0.1, -0.05) is 0 Å². The fourth-order valence-electron chi connectivity index (χ4n) is 3.42. The summed E-state index contributed by atoms with van der Waals surface area (Å²) in [6, 6.07) is 5.25. The molecule has 1 aliphatic rings. The van der Waals surface area contributed by atoms with E-state index in [1.165, 1.54) is 0 Å². The van der Waals surface area contributed by atoms with E-state index in [2.05, 4.69) is 5.32 Å². The van der Waals surface area contributed by atoms with Gasteiger partial charge in [-0.05, 0) is 51.7 Å². The predicted octanol–water partition coefficient (Wildman–Crippen LogP) is 2.76. The Morgan fingerprint density at radius 1 is 1.07 bits per heavy atom. The average molecular weight is 418 g/mol. The minimum atomic E-state index is -0.206. The molecular formula is C22H31N3O5. The molecule has 2 amide bonds. The quantitative estimate of drug-likeness (QED) is 0.628. The zero-order chi connectivity index (χ0) is 21.9. The molecule has 2 rings (SSSR count). The van der Waals surface area contributed by atoms with Crippen molar-refractivity contribution in [3.05, 3.63) is 17.7 Å². The first-order valence-corrected chi connectivity index (χ1v) is 10.5. The Morgan fingerprint density at radius 2 is 1.63 bits per heavy atom. The van der Waals surface area contributed by atoms with Crippen molar-refractivity contribution in [1.82, 2.24) is 10.2 Å². The number of carbonyl (C=O) groups is 2. The molecule has 1 N–H and O–H groups in total. The molecule has 0 aromatic heterocycles. The Labute approximate surface area is 178 Å². The van der Waals surface area contributed by atoms with E-state index in [0.29, 0.717) is 68.2 Å². The van der Waals surface area contributed by atoms with Crippen LogP contribution in [0.15, 0.2) is 12.1 Å². The summed E-state index contributed by atoms with van der Waals surface area (Å²) < 4.78 is 17.0. The lowest BCUT2D eigenvalue weighted by Gasteiger charge is -2.31. The van der Waals surface area contributed by atoms with Crippen LogP contribution in [0.3, 0.4) is 0 Å². The summed E-state index contributed by atoms with van der Waals surface area (Å²) in [7, 11) is 0. The number of ether oxygens (including phenoxy) is 3. The van der Waals surface area contributed by atoms with Crippen LogP contribution < -0.4 is 19.5 Å². The molecule has 0 aliphatic carbocycles. The van der Waals surface area contributed by atoms with Crippen LogP contribution in [0.5, 0.6) is 17.2 Å². The van der Waals surface area contributed by atoms with Gasteiger partial charge in [0.25, 0.3) is 5.91 Å². The Kier molecular flexibility index (Phi) is 9.26. The molecule has 8 heteroatoms. The van der Waals surface area contributed by atoms with Crippen molar-refractivity contribution in [3.63, 3.8) is 0 Å². The number of hydrogen-bond donors (Lipinski definition) is 1. The molecule has 1 aromatic carbocycles. The number of piperidine rings is 1. The number of amides is 2. The molecule has 30 heavy (non-hydrogen) atoms. The topological polar surface area (TPSA) is 101 Å². The minimum absolute atomic E-state index is 0.0799. The molecule has 0 radical (unpaired) electrons. The first-order valence-electron chi connectivity index (χ1n) is 10.5. The van der Waals surface area contributed by atoms with Gasteiger partial charge in [0, 0.05) is 25.2 Å². The first kappa shape index (κ1) is 23.3. The van der Waals surface area contributed by atoms with Gasteiger partial charge in [0.15, 0.2) is 11.5 Å². The van der Waals surface area contributed by atoms with E-state index in [1.54, 1.807) is 17.0 Å². The van der Waals surface area contributed by atoms with Gasteiger partial charge in [-0.15, -0.1) is 0 Å². The summed E-state index contributed by atoms with van der Waals surface area (Å²) in [4.78, 5) is 26.3. The third kappa shape index (κ3) is 6.28. The van der Waals surface area contributed by atoms with Crippen molar-refractivity contribution in [1.29, 1.82) is 5.26 Å². The number of rotatable bonds is 10. The highest BCUT2D eigenvalue weighted by Crippen LogP contribution is 2.39. The minimum Gasteiger partial charge on any atom is -0.490 e. The van der Waals surface area contributed by atoms with Gasteiger partial charge in [0.05, 0.1) is 25.9 Å². The highest BCUT2D eigenvalue weighted by molar-refractivity contribution is 5.95. The second kappa shape index (κ2) is 11.9. The largest absolute Gasteiger partial charge is 0.490 e. The standard InChI is InChI=1S/C22H31N3O5/c1-4-28-18-13-17(14-19(29-5-2)21(18)30-6-3)22(27)24-15-16-8-11-25(12-9-16)20(26)7-10-23/h13-14,16H,4-9,11-12,15H2,1-3H3,(H,24,27). The lowest BCUT2D eigenvalue weighted by Crippen LogP contribution is -2.41. The van der Waals surface area contributed by atoms with E-state index < -0.39 is 0 Å². The number of likely N-dealkylation sites (tertiary alicyclic amines) is 1. The van der Waals surface area contributed by atoms with Crippen molar-refractivity contribution >= 4 is 11.8 Å². The fourth-order valence-corrected chi connectivity index (χ4v) is 3.42. The molecule has 1 heterocycles. The smallest absolute Gasteiger partial charge is 0.251 e. The third-order valence-electron chi connectivity index (χ3n) is 4.92. The summed E-state index contributed by atoms with van der Waals surface area (Å²) in [6.07, 6.45) is 1.52. The van der Waals surface area contributed by atoms with Crippen LogP contribution in [0.4, 0.5) is 0 Å². The summed E-state index contributed by atoms with van der Waals surface area (Å²) >= 11 is 0. The molecule has 0 atom stereocenters. The van der Waals surface area contributed by atoms with Crippen LogP contribution in [0.1, 0.15) is 50.4 Å². The molecule has 1 aliphatic heterocycles. The third-order valence-corrected chi connectivity index (χ3v) is 4.92. The molecule has 0 bridgehead atoms. The zero-order valence-corrected chi connectivity index (χ0v) is 18.0. The normalized spacial score (nSPS) is 14.0. The Balaban J connectivity index is 2.01. The molecule has 8 nitrogen and oxygen atoms in total. The van der Waals surface area contributed by atoms with Crippen molar-refractivity contribution in [3.8, 4) is 23.3 Å². The number of nitrogens with zero attached hydrogens (tertiary/aromatic N) is 2. The summed E-state index contributed by atoms with van der Waals surface area (Å²) in [5.41, 5.74) is 0.451. The number of benzene rings is 1. The Hall–Kier alpha value is -2.95. The van der Waals surface area contributed by atoms with Crippen LogP contribution in [0, 0.1) is 17.2 Å². The van der Waals surface area contributed by atoms with Crippen molar-refractivity contribution in [2.24, 2.45) is 5.92 Å². The van der Waals surface area contributed by atoms with Gasteiger partial charge in [-0.2, -0.15) is 5.26 Å². The number of hydrogen-bond acceptors (Lipinski definition) is 6. The van der Waals surface area contributed by atoms with E-state index in [0.717, 1.165) is 12.8 Å². The molecule has 0 unspecified atom stereocenters. The number of nitriles is 1. The highest BCUT2D eigenvalue weighted by atomic mass is 16.5. The SMILES string of the molecule is CCOc1cc(C(=O)NCC2CCN(C(=O)CC#N)CC2)cc(OCC)c1OCC. The molecule has 0 saturated carbocycles. The van der Waals surface area contributed by atoms with Gasteiger partial charge < -0.3 is 24.4 Å². The number of nitrogens with one attached hydrogen (secondary N) is 1. The lowest BCUT2D eigenvalue weighted by atomic mass is 9.96. The van der Waals surface area contributed by atoms with Crippen molar-refractivity contribution in [2.75, 3.05) is 39.5 Å². The molecular weight excluding hydrogens is 386 g/mol. The average Bonchev–Trinajstić information content (AvgIpc) is 2.75. The monoisotopic (exact) mass is 417 g/mol. The van der Waals surface area contributed by atoms with E-state index in [4.69, 9.17) is 19.5 Å². The molecule has 164 valence electrons. The van der Waals surface area contributed by atoms with E-state index in [9.17, 15) is 9.59 Å². The summed E-state index contributed by atoms with van der Waals surface area (Å²) in [5.74, 6) is 1.44. The number of carbonyl (C=O) groups excluding carboxylic acids is 2.